The highest BCUT2D eigenvalue weighted by Gasteiger charge is 2.20. The van der Waals surface area contributed by atoms with Gasteiger partial charge in [0.25, 0.3) is 11.8 Å². The van der Waals surface area contributed by atoms with Crippen molar-refractivity contribution in [2.75, 3.05) is 45.2 Å². The quantitative estimate of drug-likeness (QED) is 0.608. The number of carbonyl (C=O) groups is 2. The molecule has 1 heterocycles. The van der Waals surface area contributed by atoms with E-state index in [0.29, 0.717) is 46.7 Å². The van der Waals surface area contributed by atoms with Gasteiger partial charge in [-0.05, 0) is 78.5 Å². The molecule has 0 bridgehead atoms. The van der Waals surface area contributed by atoms with E-state index < -0.39 is 0 Å². The summed E-state index contributed by atoms with van der Waals surface area (Å²) in [6.45, 7) is 5.57. The molecule has 0 atom stereocenters. The predicted octanol–water partition coefficient (Wildman–Crippen LogP) is 3.36. The molecule has 0 radical (unpaired) electrons. The first kappa shape index (κ1) is 23.2. The van der Waals surface area contributed by atoms with E-state index in [0.717, 1.165) is 13.1 Å². The number of amides is 2. The number of likely N-dealkylation sites (N-methyl/N-ethyl adjacent to an activating group) is 1. The molecule has 2 aromatic rings. The van der Waals surface area contributed by atoms with Gasteiger partial charge in [0.05, 0.1) is 11.1 Å². The number of anilines is 1. The van der Waals surface area contributed by atoms with Crippen molar-refractivity contribution in [3.05, 3.63) is 58.1 Å². The number of hydrogen-bond donors (Lipinski definition) is 2. The van der Waals surface area contributed by atoms with Crippen LogP contribution in [0.5, 0.6) is 5.75 Å². The number of halogens is 1. The van der Waals surface area contributed by atoms with Crippen LogP contribution < -0.4 is 15.4 Å². The number of thiocarbonyl (C=S) groups is 1. The van der Waals surface area contributed by atoms with Crippen LogP contribution in [0.4, 0.5) is 5.69 Å². The zero-order valence-electron chi connectivity index (χ0n) is 17.5. The van der Waals surface area contributed by atoms with E-state index in [4.69, 9.17) is 17.0 Å². The lowest BCUT2D eigenvalue weighted by molar-refractivity contribution is 0.0664. The summed E-state index contributed by atoms with van der Waals surface area (Å²) >= 11 is 8.68. The smallest absolute Gasteiger partial charge is 0.257 e. The largest absolute Gasteiger partial charge is 0.493 e. The van der Waals surface area contributed by atoms with Gasteiger partial charge in [-0.15, -0.1) is 0 Å². The molecule has 1 saturated heterocycles. The van der Waals surface area contributed by atoms with E-state index in [1.54, 1.807) is 42.5 Å². The van der Waals surface area contributed by atoms with E-state index in [1.807, 2.05) is 18.9 Å². The van der Waals surface area contributed by atoms with E-state index in [-0.39, 0.29) is 16.9 Å². The van der Waals surface area contributed by atoms with E-state index in [2.05, 4.69) is 31.5 Å². The first-order valence-corrected chi connectivity index (χ1v) is 11.2. The Morgan fingerprint density at radius 2 is 1.84 bits per heavy atom. The lowest BCUT2D eigenvalue weighted by atomic mass is 10.1. The normalized spacial score (nSPS) is 14.1. The molecule has 7 nitrogen and oxygen atoms in total. The number of benzene rings is 2. The maximum absolute atomic E-state index is 12.8. The summed E-state index contributed by atoms with van der Waals surface area (Å²) in [7, 11) is 2.05. The van der Waals surface area contributed by atoms with Crippen LogP contribution in [0.1, 0.15) is 27.6 Å². The van der Waals surface area contributed by atoms with Crippen LogP contribution in [0, 0.1) is 0 Å². The molecule has 0 spiro atoms. The average molecular weight is 505 g/mol. The molecule has 0 aliphatic carbocycles. The van der Waals surface area contributed by atoms with Gasteiger partial charge in [0.15, 0.2) is 5.11 Å². The fraction of sp³-hybridized carbons (Fsp3) is 0.318. The van der Waals surface area contributed by atoms with E-state index >= 15 is 0 Å². The summed E-state index contributed by atoms with van der Waals surface area (Å²) in [6, 6.07) is 12.2. The number of hydrogen-bond acceptors (Lipinski definition) is 5. The molecule has 0 unspecified atom stereocenters. The molecule has 2 N–H and O–H groups in total. The van der Waals surface area contributed by atoms with Crippen molar-refractivity contribution < 1.29 is 14.3 Å². The number of nitrogens with zero attached hydrogens (tertiary/aromatic N) is 2. The van der Waals surface area contributed by atoms with Crippen LogP contribution in [0.25, 0.3) is 0 Å². The zero-order valence-corrected chi connectivity index (χ0v) is 19.9. The van der Waals surface area contributed by atoms with E-state index in [1.165, 1.54) is 0 Å². The van der Waals surface area contributed by atoms with Crippen LogP contribution in [0.2, 0.25) is 0 Å². The number of rotatable bonds is 5. The molecule has 164 valence electrons. The molecule has 31 heavy (non-hydrogen) atoms. The van der Waals surface area contributed by atoms with Gasteiger partial charge in [-0.1, -0.05) is 6.07 Å². The predicted molar refractivity (Wildman–Crippen MR) is 129 cm³/mol. The Kier molecular flexibility index (Phi) is 8.00. The Bertz CT molecular complexity index is 977. The molecular weight excluding hydrogens is 480 g/mol. The Morgan fingerprint density at radius 1 is 1.10 bits per heavy atom. The van der Waals surface area contributed by atoms with Gasteiger partial charge < -0.3 is 19.9 Å². The van der Waals surface area contributed by atoms with Crippen molar-refractivity contribution in [2.24, 2.45) is 0 Å². The molecule has 1 aliphatic heterocycles. The lowest BCUT2D eigenvalue weighted by Gasteiger charge is -2.32. The van der Waals surface area contributed by atoms with Crippen molar-refractivity contribution in [2.45, 2.75) is 6.92 Å². The first-order chi connectivity index (χ1) is 14.9. The molecular formula is C22H25BrN4O3S. The molecule has 1 fully saturated rings. The van der Waals surface area contributed by atoms with Crippen LogP contribution in [0.3, 0.4) is 0 Å². The van der Waals surface area contributed by atoms with E-state index in [9.17, 15) is 9.59 Å². The molecule has 9 heteroatoms. The minimum Gasteiger partial charge on any atom is -0.493 e. The van der Waals surface area contributed by atoms with Gasteiger partial charge in [-0.2, -0.15) is 0 Å². The van der Waals surface area contributed by atoms with Crippen molar-refractivity contribution in [1.82, 2.24) is 15.1 Å². The summed E-state index contributed by atoms with van der Waals surface area (Å²) in [5.41, 5.74) is 1.66. The molecule has 0 saturated carbocycles. The van der Waals surface area contributed by atoms with Gasteiger partial charge in [0.1, 0.15) is 5.75 Å². The lowest BCUT2D eigenvalue weighted by Crippen LogP contribution is -2.47. The third-order valence-corrected chi connectivity index (χ3v) is 5.70. The fourth-order valence-electron chi connectivity index (χ4n) is 3.17. The SMILES string of the molecule is CCOc1ccc(C(=O)NC(=S)Nc2cccc(C(=O)N3CCN(C)CC3)c2)cc1Br. The number of ether oxygens (including phenoxy) is 1. The van der Waals surface area contributed by atoms with Gasteiger partial charge in [0.2, 0.25) is 0 Å². The number of piperazine rings is 1. The third kappa shape index (κ3) is 6.25. The summed E-state index contributed by atoms with van der Waals surface area (Å²) in [6.07, 6.45) is 0. The molecule has 1 aliphatic rings. The Balaban J connectivity index is 1.60. The van der Waals surface area contributed by atoms with Gasteiger partial charge in [-0.25, -0.2) is 0 Å². The van der Waals surface area contributed by atoms with Crippen molar-refractivity contribution in [3.63, 3.8) is 0 Å². The van der Waals surface area contributed by atoms with Crippen molar-refractivity contribution in [1.29, 1.82) is 0 Å². The molecule has 0 aromatic heterocycles. The zero-order chi connectivity index (χ0) is 22.4. The van der Waals surface area contributed by atoms with Crippen molar-refractivity contribution >= 4 is 50.8 Å². The maximum atomic E-state index is 12.8. The third-order valence-electron chi connectivity index (χ3n) is 4.88. The van der Waals surface area contributed by atoms with Gasteiger partial charge >= 0.3 is 0 Å². The second-order valence-corrected chi connectivity index (χ2v) is 8.43. The Labute approximate surface area is 195 Å². The molecule has 3 rings (SSSR count). The van der Waals surface area contributed by atoms with Gasteiger partial charge in [0, 0.05) is 43.0 Å². The number of carbonyl (C=O) groups excluding carboxylic acids is 2. The highest BCUT2D eigenvalue weighted by atomic mass is 79.9. The second-order valence-electron chi connectivity index (χ2n) is 7.16. The summed E-state index contributed by atoms with van der Waals surface area (Å²) < 4.78 is 6.15. The topological polar surface area (TPSA) is 73.9 Å². The highest BCUT2D eigenvalue weighted by Crippen LogP contribution is 2.26. The minimum atomic E-state index is -0.342. The van der Waals surface area contributed by atoms with Crippen LogP contribution >= 0.6 is 28.1 Å². The highest BCUT2D eigenvalue weighted by molar-refractivity contribution is 9.10. The minimum absolute atomic E-state index is 0.00839. The summed E-state index contributed by atoms with van der Waals surface area (Å²) in [5.74, 6) is 0.318. The van der Waals surface area contributed by atoms with Crippen molar-refractivity contribution in [3.8, 4) is 5.75 Å². The second kappa shape index (κ2) is 10.7. The standard InChI is InChI=1S/C22H25BrN4O3S/c1-3-30-19-8-7-15(14-18(19)23)20(28)25-22(31)24-17-6-4-5-16(13-17)21(29)27-11-9-26(2)10-12-27/h4-8,13-14H,3,9-12H2,1-2H3,(H2,24,25,28,31). The van der Waals surface area contributed by atoms with Gasteiger partial charge in [-0.3, -0.25) is 14.9 Å². The van der Waals surface area contributed by atoms with Crippen LogP contribution in [-0.2, 0) is 0 Å². The molecule has 2 aromatic carbocycles. The Hall–Kier alpha value is -2.49. The average Bonchev–Trinajstić information content (AvgIpc) is 2.75. The van der Waals surface area contributed by atoms with Crippen LogP contribution in [0.15, 0.2) is 46.9 Å². The monoisotopic (exact) mass is 504 g/mol. The fourth-order valence-corrected chi connectivity index (χ4v) is 3.88. The summed E-state index contributed by atoms with van der Waals surface area (Å²) in [4.78, 5) is 29.3. The number of nitrogens with one attached hydrogen (secondary N) is 2. The summed E-state index contributed by atoms with van der Waals surface area (Å²) in [5, 5.41) is 5.79. The maximum Gasteiger partial charge on any atom is 0.257 e. The van der Waals surface area contributed by atoms with Crippen LogP contribution in [-0.4, -0.2) is 66.6 Å². The Morgan fingerprint density at radius 3 is 2.52 bits per heavy atom. The first-order valence-electron chi connectivity index (χ1n) is 10.00. The molecule has 2 amide bonds.